The highest BCUT2D eigenvalue weighted by Gasteiger charge is 2.32. The largest absolute Gasteiger partial charge is 0.359 e. The summed E-state index contributed by atoms with van der Waals surface area (Å²) in [4.78, 5) is 25.6. The Bertz CT molecular complexity index is 300. The number of piperidine rings is 1. The molecule has 0 radical (unpaired) electrons. The Labute approximate surface area is 102 Å². The van der Waals surface area contributed by atoms with E-state index in [-0.39, 0.29) is 23.8 Å². The minimum atomic E-state index is -0.0286. The maximum Gasteiger partial charge on any atom is 0.239 e. The average Bonchev–Trinajstić information content (AvgIpc) is 2.91. The lowest BCUT2D eigenvalue weighted by Crippen LogP contribution is -2.50. The van der Waals surface area contributed by atoms with Crippen molar-refractivity contribution in [2.45, 2.75) is 31.7 Å². The molecule has 96 valence electrons. The second kappa shape index (κ2) is 5.49. The molecule has 2 N–H and O–H groups in total. The molecular formula is C12H21N3O2. The van der Waals surface area contributed by atoms with Crippen LogP contribution in [0.5, 0.6) is 0 Å². The zero-order chi connectivity index (χ0) is 12.3. The van der Waals surface area contributed by atoms with Gasteiger partial charge in [0, 0.05) is 20.1 Å². The van der Waals surface area contributed by atoms with Crippen LogP contribution in [0, 0.1) is 5.92 Å². The fraction of sp³-hybridized carbons (Fsp3) is 0.833. The average molecular weight is 239 g/mol. The van der Waals surface area contributed by atoms with Crippen molar-refractivity contribution in [3.05, 3.63) is 0 Å². The Kier molecular flexibility index (Phi) is 3.99. The SMILES string of the molecule is CNC(=O)[C@@H]1CCCN(C(=O)[C@@H]2CCCN2)C1. The molecule has 0 spiro atoms. The van der Waals surface area contributed by atoms with Crippen molar-refractivity contribution >= 4 is 11.8 Å². The first-order chi connectivity index (χ1) is 8.22. The molecule has 5 heteroatoms. The number of nitrogens with one attached hydrogen (secondary N) is 2. The fourth-order valence-corrected chi connectivity index (χ4v) is 2.71. The molecule has 2 aliphatic rings. The van der Waals surface area contributed by atoms with Crippen LogP contribution in [0.3, 0.4) is 0 Å². The van der Waals surface area contributed by atoms with Gasteiger partial charge in [0.2, 0.25) is 11.8 Å². The fourth-order valence-electron chi connectivity index (χ4n) is 2.71. The van der Waals surface area contributed by atoms with Gasteiger partial charge in [-0.3, -0.25) is 9.59 Å². The van der Waals surface area contributed by atoms with Gasteiger partial charge >= 0.3 is 0 Å². The highest BCUT2D eigenvalue weighted by atomic mass is 16.2. The van der Waals surface area contributed by atoms with Crippen molar-refractivity contribution in [2.24, 2.45) is 5.92 Å². The zero-order valence-corrected chi connectivity index (χ0v) is 10.4. The molecule has 5 nitrogen and oxygen atoms in total. The van der Waals surface area contributed by atoms with Crippen molar-refractivity contribution < 1.29 is 9.59 Å². The van der Waals surface area contributed by atoms with E-state index in [1.54, 1.807) is 7.05 Å². The first-order valence-electron chi connectivity index (χ1n) is 6.46. The van der Waals surface area contributed by atoms with Gasteiger partial charge in [-0.2, -0.15) is 0 Å². The second-order valence-electron chi connectivity index (χ2n) is 4.89. The van der Waals surface area contributed by atoms with Crippen molar-refractivity contribution in [3.63, 3.8) is 0 Å². The molecule has 2 atom stereocenters. The summed E-state index contributed by atoms with van der Waals surface area (Å²) in [7, 11) is 1.65. The minimum Gasteiger partial charge on any atom is -0.359 e. The molecule has 2 aliphatic heterocycles. The van der Waals surface area contributed by atoms with E-state index in [0.29, 0.717) is 6.54 Å². The maximum absolute atomic E-state index is 12.2. The van der Waals surface area contributed by atoms with Crippen molar-refractivity contribution in [1.82, 2.24) is 15.5 Å². The van der Waals surface area contributed by atoms with Crippen molar-refractivity contribution in [2.75, 3.05) is 26.7 Å². The van der Waals surface area contributed by atoms with Crippen LogP contribution >= 0.6 is 0 Å². The van der Waals surface area contributed by atoms with Gasteiger partial charge in [-0.15, -0.1) is 0 Å². The zero-order valence-electron chi connectivity index (χ0n) is 10.4. The Hall–Kier alpha value is -1.10. The van der Waals surface area contributed by atoms with Crippen molar-refractivity contribution in [3.8, 4) is 0 Å². The van der Waals surface area contributed by atoms with E-state index in [4.69, 9.17) is 0 Å². The molecule has 0 aliphatic carbocycles. The van der Waals surface area contributed by atoms with Gasteiger partial charge in [-0.25, -0.2) is 0 Å². The normalized spacial score (nSPS) is 29.1. The van der Waals surface area contributed by atoms with Crippen LogP contribution in [0.1, 0.15) is 25.7 Å². The number of carbonyl (C=O) groups excluding carboxylic acids is 2. The van der Waals surface area contributed by atoms with E-state index in [1.165, 1.54) is 0 Å². The third-order valence-electron chi connectivity index (χ3n) is 3.71. The van der Waals surface area contributed by atoms with Crippen LogP contribution in [0.2, 0.25) is 0 Å². The van der Waals surface area contributed by atoms with E-state index in [1.807, 2.05) is 4.90 Å². The molecule has 2 amide bonds. The first-order valence-corrected chi connectivity index (χ1v) is 6.46. The van der Waals surface area contributed by atoms with Gasteiger partial charge < -0.3 is 15.5 Å². The van der Waals surface area contributed by atoms with E-state index >= 15 is 0 Å². The molecule has 0 bridgehead atoms. The van der Waals surface area contributed by atoms with Crippen LogP contribution in [0.25, 0.3) is 0 Å². The quantitative estimate of drug-likeness (QED) is 0.697. The third kappa shape index (κ3) is 2.77. The monoisotopic (exact) mass is 239 g/mol. The number of rotatable bonds is 2. The standard InChI is InChI=1S/C12H21N3O2/c1-13-11(16)9-4-3-7-15(8-9)12(17)10-5-2-6-14-10/h9-10,14H,2-8H2,1H3,(H,13,16)/t9-,10+/m1/s1. The first kappa shape index (κ1) is 12.4. The van der Waals surface area contributed by atoms with Gasteiger partial charge in [-0.05, 0) is 32.2 Å². The Morgan fingerprint density at radius 1 is 1.29 bits per heavy atom. The Morgan fingerprint density at radius 2 is 2.12 bits per heavy atom. The van der Waals surface area contributed by atoms with Gasteiger partial charge in [0.25, 0.3) is 0 Å². The minimum absolute atomic E-state index is 0.0153. The predicted molar refractivity (Wildman–Crippen MR) is 64.4 cm³/mol. The summed E-state index contributed by atoms with van der Waals surface area (Å²) in [5.41, 5.74) is 0. The molecule has 0 aromatic heterocycles. The third-order valence-corrected chi connectivity index (χ3v) is 3.71. The smallest absolute Gasteiger partial charge is 0.239 e. The van der Waals surface area contributed by atoms with E-state index in [0.717, 1.165) is 38.8 Å². The highest BCUT2D eigenvalue weighted by molar-refractivity contribution is 5.84. The molecule has 0 saturated carbocycles. The van der Waals surface area contributed by atoms with Gasteiger partial charge in [-0.1, -0.05) is 0 Å². The number of hydrogen-bond acceptors (Lipinski definition) is 3. The van der Waals surface area contributed by atoms with Crippen molar-refractivity contribution in [1.29, 1.82) is 0 Å². The molecule has 0 aromatic rings. The second-order valence-corrected chi connectivity index (χ2v) is 4.89. The van der Waals surface area contributed by atoms with Crippen LogP contribution in [-0.4, -0.2) is 49.4 Å². The summed E-state index contributed by atoms with van der Waals surface area (Å²) in [6.07, 6.45) is 3.82. The Balaban J connectivity index is 1.92. The lowest BCUT2D eigenvalue weighted by Gasteiger charge is -2.33. The number of hydrogen-bond donors (Lipinski definition) is 2. The molecule has 2 saturated heterocycles. The summed E-state index contributed by atoms with van der Waals surface area (Å²) < 4.78 is 0. The summed E-state index contributed by atoms with van der Waals surface area (Å²) in [5, 5.41) is 5.89. The topological polar surface area (TPSA) is 61.4 Å². The molecule has 2 fully saturated rings. The van der Waals surface area contributed by atoms with E-state index in [9.17, 15) is 9.59 Å². The lowest BCUT2D eigenvalue weighted by molar-refractivity contribution is -0.137. The molecular weight excluding hydrogens is 218 g/mol. The molecule has 17 heavy (non-hydrogen) atoms. The molecule has 0 aromatic carbocycles. The molecule has 2 rings (SSSR count). The lowest BCUT2D eigenvalue weighted by atomic mass is 9.96. The van der Waals surface area contributed by atoms with E-state index in [2.05, 4.69) is 10.6 Å². The summed E-state index contributed by atoms with van der Waals surface area (Å²) in [5.74, 6) is 0.206. The number of likely N-dealkylation sites (tertiary alicyclic amines) is 1. The van der Waals surface area contributed by atoms with Crippen LogP contribution in [0.15, 0.2) is 0 Å². The highest BCUT2D eigenvalue weighted by Crippen LogP contribution is 2.19. The number of nitrogens with zero attached hydrogens (tertiary/aromatic N) is 1. The van der Waals surface area contributed by atoms with Gasteiger partial charge in [0.1, 0.15) is 0 Å². The summed E-state index contributed by atoms with van der Waals surface area (Å²) in [6.45, 7) is 2.31. The molecule has 0 unspecified atom stereocenters. The van der Waals surface area contributed by atoms with Gasteiger partial charge in [0.05, 0.1) is 12.0 Å². The van der Waals surface area contributed by atoms with Crippen LogP contribution in [-0.2, 0) is 9.59 Å². The van der Waals surface area contributed by atoms with Gasteiger partial charge in [0.15, 0.2) is 0 Å². The number of amides is 2. The maximum atomic E-state index is 12.2. The van der Waals surface area contributed by atoms with Crippen LogP contribution < -0.4 is 10.6 Å². The Morgan fingerprint density at radius 3 is 2.76 bits per heavy atom. The molecule has 2 heterocycles. The summed E-state index contributed by atoms with van der Waals surface area (Å²) in [6, 6.07) is -0.0153. The summed E-state index contributed by atoms with van der Waals surface area (Å²) >= 11 is 0. The van der Waals surface area contributed by atoms with E-state index < -0.39 is 0 Å². The predicted octanol–water partition coefficient (Wildman–Crippen LogP) is -0.277. The number of carbonyl (C=O) groups is 2. The van der Waals surface area contributed by atoms with Crippen LogP contribution in [0.4, 0.5) is 0 Å².